The predicted octanol–water partition coefficient (Wildman–Crippen LogP) is 2.50. The van der Waals surface area contributed by atoms with Crippen LogP contribution in [0.15, 0.2) is 22.7 Å². The first-order valence-electron chi connectivity index (χ1n) is 4.19. The average Bonchev–Trinajstić information content (AvgIpc) is 2.70. The third kappa shape index (κ3) is 1.97. The zero-order valence-electron chi connectivity index (χ0n) is 7.58. The standard InChI is InChI=1S/C9H7Cl2N3O/c10-6-3-1-2-5(8(6)11)9-13-7(4-12)15-14-9/h1-3H,4,12H2. The van der Waals surface area contributed by atoms with Crippen molar-refractivity contribution in [2.24, 2.45) is 5.73 Å². The van der Waals surface area contributed by atoms with Crippen molar-refractivity contribution < 1.29 is 4.52 Å². The van der Waals surface area contributed by atoms with Gasteiger partial charge in [-0.05, 0) is 12.1 Å². The smallest absolute Gasteiger partial charge is 0.240 e. The molecular formula is C9H7Cl2N3O. The minimum Gasteiger partial charge on any atom is -0.338 e. The van der Waals surface area contributed by atoms with Crippen LogP contribution in [-0.2, 0) is 6.54 Å². The molecule has 2 aromatic rings. The van der Waals surface area contributed by atoms with E-state index in [4.69, 9.17) is 33.5 Å². The third-order valence-corrected chi connectivity index (χ3v) is 2.65. The lowest BCUT2D eigenvalue weighted by atomic mass is 10.2. The number of aromatic nitrogens is 2. The van der Waals surface area contributed by atoms with Crippen molar-refractivity contribution in [1.29, 1.82) is 0 Å². The lowest BCUT2D eigenvalue weighted by Gasteiger charge is -1.99. The van der Waals surface area contributed by atoms with Crippen molar-refractivity contribution in [3.63, 3.8) is 0 Å². The molecule has 0 fully saturated rings. The van der Waals surface area contributed by atoms with Crippen LogP contribution in [0.2, 0.25) is 10.0 Å². The van der Waals surface area contributed by atoms with Crippen LogP contribution in [0.1, 0.15) is 5.89 Å². The highest BCUT2D eigenvalue weighted by atomic mass is 35.5. The van der Waals surface area contributed by atoms with Crippen LogP contribution in [0, 0.1) is 0 Å². The maximum Gasteiger partial charge on any atom is 0.240 e. The van der Waals surface area contributed by atoms with Crippen molar-refractivity contribution in [3.8, 4) is 11.4 Å². The Morgan fingerprint density at radius 3 is 2.80 bits per heavy atom. The molecule has 2 N–H and O–H groups in total. The van der Waals surface area contributed by atoms with Crippen LogP contribution in [-0.4, -0.2) is 10.1 Å². The number of hydrogen-bond donors (Lipinski definition) is 1. The molecule has 0 bridgehead atoms. The van der Waals surface area contributed by atoms with Crippen molar-refractivity contribution in [3.05, 3.63) is 34.1 Å². The molecule has 1 aromatic carbocycles. The maximum absolute atomic E-state index is 6.00. The van der Waals surface area contributed by atoms with Crippen molar-refractivity contribution >= 4 is 23.2 Å². The van der Waals surface area contributed by atoms with Gasteiger partial charge >= 0.3 is 0 Å². The molecule has 0 aliphatic heterocycles. The molecule has 0 aliphatic carbocycles. The highest BCUT2D eigenvalue weighted by Gasteiger charge is 2.12. The van der Waals surface area contributed by atoms with E-state index in [0.717, 1.165) is 0 Å². The fourth-order valence-electron chi connectivity index (χ4n) is 1.12. The number of halogens is 2. The molecule has 15 heavy (non-hydrogen) atoms. The second-order valence-electron chi connectivity index (χ2n) is 2.82. The highest BCUT2D eigenvalue weighted by Crippen LogP contribution is 2.31. The zero-order chi connectivity index (χ0) is 10.8. The van der Waals surface area contributed by atoms with Gasteiger partial charge in [0, 0.05) is 5.56 Å². The van der Waals surface area contributed by atoms with Crippen LogP contribution in [0.4, 0.5) is 0 Å². The minimum absolute atomic E-state index is 0.200. The van der Waals surface area contributed by atoms with E-state index in [1.807, 2.05) is 0 Å². The van der Waals surface area contributed by atoms with Gasteiger partial charge in [-0.15, -0.1) is 0 Å². The number of nitrogens with zero attached hydrogens (tertiary/aromatic N) is 2. The molecule has 0 atom stereocenters. The van der Waals surface area contributed by atoms with E-state index in [1.54, 1.807) is 18.2 Å². The summed E-state index contributed by atoms with van der Waals surface area (Å²) in [4.78, 5) is 4.06. The Kier molecular flexibility index (Phi) is 2.90. The van der Waals surface area contributed by atoms with Crippen molar-refractivity contribution in [1.82, 2.24) is 10.1 Å². The first-order chi connectivity index (χ1) is 7.22. The van der Waals surface area contributed by atoms with Gasteiger partial charge in [0.25, 0.3) is 0 Å². The van der Waals surface area contributed by atoms with Crippen LogP contribution < -0.4 is 5.73 Å². The van der Waals surface area contributed by atoms with Crippen molar-refractivity contribution in [2.45, 2.75) is 6.54 Å². The average molecular weight is 244 g/mol. The van der Waals surface area contributed by atoms with E-state index in [-0.39, 0.29) is 6.54 Å². The van der Waals surface area contributed by atoms with Gasteiger partial charge in [0.2, 0.25) is 11.7 Å². The number of hydrogen-bond acceptors (Lipinski definition) is 4. The second-order valence-corrected chi connectivity index (χ2v) is 3.60. The Bertz CT molecular complexity index is 484. The summed E-state index contributed by atoms with van der Waals surface area (Å²) in [5.41, 5.74) is 5.99. The molecule has 0 spiro atoms. The van der Waals surface area contributed by atoms with E-state index in [9.17, 15) is 0 Å². The monoisotopic (exact) mass is 243 g/mol. The molecule has 0 amide bonds. The molecule has 6 heteroatoms. The molecule has 0 aliphatic rings. The molecular weight excluding hydrogens is 237 g/mol. The van der Waals surface area contributed by atoms with Crippen LogP contribution >= 0.6 is 23.2 Å². The Labute approximate surface area is 96.0 Å². The van der Waals surface area contributed by atoms with E-state index in [2.05, 4.69) is 10.1 Å². The van der Waals surface area contributed by atoms with Gasteiger partial charge in [-0.1, -0.05) is 34.4 Å². The molecule has 0 unspecified atom stereocenters. The summed E-state index contributed by atoms with van der Waals surface area (Å²) in [6.45, 7) is 0.200. The lowest BCUT2D eigenvalue weighted by molar-refractivity contribution is 0.380. The summed E-state index contributed by atoms with van der Waals surface area (Å²) in [6.07, 6.45) is 0. The van der Waals surface area contributed by atoms with Gasteiger partial charge in [0.1, 0.15) is 0 Å². The van der Waals surface area contributed by atoms with Crippen LogP contribution in [0.25, 0.3) is 11.4 Å². The van der Waals surface area contributed by atoms with E-state index in [1.165, 1.54) is 0 Å². The van der Waals surface area contributed by atoms with E-state index < -0.39 is 0 Å². The molecule has 1 heterocycles. The first kappa shape index (κ1) is 10.4. The molecule has 0 saturated carbocycles. The van der Waals surface area contributed by atoms with E-state index >= 15 is 0 Å². The quantitative estimate of drug-likeness (QED) is 0.881. The van der Waals surface area contributed by atoms with E-state index in [0.29, 0.717) is 27.3 Å². The maximum atomic E-state index is 6.00. The molecule has 0 saturated heterocycles. The Morgan fingerprint density at radius 2 is 2.13 bits per heavy atom. The molecule has 2 rings (SSSR count). The predicted molar refractivity (Wildman–Crippen MR) is 57.6 cm³/mol. The number of nitrogens with two attached hydrogens (primary N) is 1. The lowest BCUT2D eigenvalue weighted by Crippen LogP contribution is -1.95. The van der Waals surface area contributed by atoms with Gasteiger partial charge in [0.05, 0.1) is 16.6 Å². The van der Waals surface area contributed by atoms with Gasteiger partial charge < -0.3 is 10.3 Å². The third-order valence-electron chi connectivity index (χ3n) is 1.84. The van der Waals surface area contributed by atoms with Gasteiger partial charge in [-0.3, -0.25) is 0 Å². The largest absolute Gasteiger partial charge is 0.338 e. The molecule has 0 radical (unpaired) electrons. The summed E-state index contributed by atoms with van der Waals surface area (Å²) < 4.78 is 4.88. The summed E-state index contributed by atoms with van der Waals surface area (Å²) in [6, 6.07) is 5.22. The second kappa shape index (κ2) is 4.18. The molecule has 4 nitrogen and oxygen atoms in total. The zero-order valence-corrected chi connectivity index (χ0v) is 9.09. The number of benzene rings is 1. The summed E-state index contributed by atoms with van der Waals surface area (Å²) in [5, 5.41) is 4.61. The molecule has 1 aromatic heterocycles. The number of rotatable bonds is 2. The Balaban J connectivity index is 2.49. The summed E-state index contributed by atoms with van der Waals surface area (Å²) in [5.74, 6) is 0.754. The van der Waals surface area contributed by atoms with Crippen LogP contribution in [0.3, 0.4) is 0 Å². The summed E-state index contributed by atoms with van der Waals surface area (Å²) >= 11 is 11.9. The minimum atomic E-state index is 0.200. The first-order valence-corrected chi connectivity index (χ1v) is 4.95. The topological polar surface area (TPSA) is 64.9 Å². The molecule has 78 valence electrons. The SMILES string of the molecule is NCc1nc(-c2cccc(Cl)c2Cl)no1. The van der Waals surface area contributed by atoms with Crippen molar-refractivity contribution in [2.75, 3.05) is 0 Å². The van der Waals surface area contributed by atoms with Gasteiger partial charge in [0.15, 0.2) is 0 Å². The Hall–Kier alpha value is -1.10. The van der Waals surface area contributed by atoms with Gasteiger partial charge in [-0.25, -0.2) is 0 Å². The van der Waals surface area contributed by atoms with Gasteiger partial charge in [-0.2, -0.15) is 4.98 Å². The van der Waals surface area contributed by atoms with Crippen LogP contribution in [0.5, 0.6) is 0 Å². The highest BCUT2D eigenvalue weighted by molar-refractivity contribution is 6.43. The summed E-state index contributed by atoms with van der Waals surface area (Å²) in [7, 11) is 0. The fraction of sp³-hybridized carbons (Fsp3) is 0.111. The fourth-order valence-corrected chi connectivity index (χ4v) is 1.51. The Morgan fingerprint density at radius 1 is 1.33 bits per heavy atom. The normalized spacial score (nSPS) is 10.6.